The molecule has 1 heterocycles. The Balaban J connectivity index is 2.01. The van der Waals surface area contributed by atoms with E-state index in [4.69, 9.17) is 0 Å². The number of hydrogen-bond acceptors (Lipinski definition) is 2. The van der Waals surface area contributed by atoms with E-state index >= 15 is 0 Å². The first-order chi connectivity index (χ1) is 11.5. The van der Waals surface area contributed by atoms with Crippen LogP contribution in [0, 0.1) is 5.92 Å². The van der Waals surface area contributed by atoms with Crippen molar-refractivity contribution in [3.05, 3.63) is 63.4 Å². The highest BCUT2D eigenvalue weighted by molar-refractivity contribution is 7.12. The molecule has 0 saturated heterocycles. The maximum absolute atomic E-state index is 11.5. The lowest BCUT2D eigenvalue weighted by atomic mass is 9.73. The molecule has 0 amide bonds. The highest BCUT2D eigenvalue weighted by Crippen LogP contribution is 2.50. The van der Waals surface area contributed by atoms with Gasteiger partial charge < -0.3 is 5.11 Å². The second-order valence-corrected chi connectivity index (χ2v) is 9.51. The predicted molar refractivity (Wildman–Crippen MR) is 106 cm³/mol. The summed E-state index contributed by atoms with van der Waals surface area (Å²) in [7, 11) is 0. The minimum Gasteiger partial charge on any atom is -0.477 e. The van der Waals surface area contributed by atoms with Crippen LogP contribution < -0.4 is 0 Å². The van der Waals surface area contributed by atoms with Crippen LogP contribution in [-0.2, 0) is 17.3 Å². The minimum atomic E-state index is -0.866. The number of allylic oxidation sites excluding steroid dienone is 1. The molecule has 1 aliphatic carbocycles. The van der Waals surface area contributed by atoms with Crippen molar-refractivity contribution in [2.75, 3.05) is 0 Å². The lowest BCUT2D eigenvalue weighted by molar-refractivity contribution is 0.0701. The van der Waals surface area contributed by atoms with Crippen LogP contribution in [-0.4, -0.2) is 11.1 Å². The molecule has 2 aromatic rings. The van der Waals surface area contributed by atoms with Gasteiger partial charge in [0.25, 0.3) is 0 Å². The third-order valence-electron chi connectivity index (χ3n) is 5.59. The lowest BCUT2D eigenvalue weighted by Crippen LogP contribution is -2.25. The summed E-state index contributed by atoms with van der Waals surface area (Å²) >= 11 is 1.27. The van der Waals surface area contributed by atoms with Crippen LogP contribution in [0.15, 0.2) is 36.2 Å². The molecule has 0 saturated carbocycles. The van der Waals surface area contributed by atoms with Crippen molar-refractivity contribution in [2.24, 2.45) is 5.92 Å². The van der Waals surface area contributed by atoms with Crippen LogP contribution in [0.4, 0.5) is 0 Å². The van der Waals surface area contributed by atoms with E-state index in [1.54, 1.807) is 0 Å². The van der Waals surface area contributed by atoms with Crippen molar-refractivity contribution >= 4 is 22.9 Å². The number of carboxylic acid groups (broad SMARTS) is 1. The molecule has 1 aliphatic rings. The lowest BCUT2D eigenvalue weighted by Gasteiger charge is -2.31. The Labute approximate surface area is 154 Å². The zero-order chi connectivity index (χ0) is 18.6. The summed E-state index contributed by atoms with van der Waals surface area (Å²) in [6, 6.07) is 8.72. The molecule has 0 aliphatic heterocycles. The van der Waals surface area contributed by atoms with Crippen molar-refractivity contribution in [3.63, 3.8) is 0 Å². The van der Waals surface area contributed by atoms with Gasteiger partial charge in [0.05, 0.1) is 0 Å². The average molecular weight is 355 g/mol. The molecular formula is C22H26O2S. The summed E-state index contributed by atoms with van der Waals surface area (Å²) in [4.78, 5) is 11.9. The van der Waals surface area contributed by atoms with Crippen molar-refractivity contribution in [3.8, 4) is 0 Å². The monoisotopic (exact) mass is 354 g/mol. The fourth-order valence-electron chi connectivity index (χ4n) is 3.96. The fraction of sp³-hybridized carbons (Fsp3) is 0.409. The molecule has 132 valence electrons. The van der Waals surface area contributed by atoms with Crippen LogP contribution in [0.5, 0.6) is 0 Å². The van der Waals surface area contributed by atoms with E-state index < -0.39 is 5.97 Å². The standard InChI is InChI=1S/C22H26O2S/c1-13(16-9-10-25-19(16)20(23)24)17-11-14-7-8-15(21(2,3)4)12-18(14)22(17,5)6/h7-10,12,17H,1,11H2,2-6H3,(H,23,24). The summed E-state index contributed by atoms with van der Waals surface area (Å²) in [5.74, 6) is -0.653. The average Bonchev–Trinajstić information content (AvgIpc) is 3.09. The van der Waals surface area contributed by atoms with Crippen LogP contribution in [0.2, 0.25) is 0 Å². The Morgan fingerprint density at radius 2 is 1.96 bits per heavy atom. The van der Waals surface area contributed by atoms with Crippen LogP contribution in [0.3, 0.4) is 0 Å². The number of rotatable bonds is 3. The molecule has 2 nitrogen and oxygen atoms in total. The van der Waals surface area contributed by atoms with Crippen molar-refractivity contribution < 1.29 is 9.90 Å². The zero-order valence-corrected chi connectivity index (χ0v) is 16.5. The first kappa shape index (κ1) is 17.9. The fourth-order valence-corrected chi connectivity index (χ4v) is 4.72. The largest absolute Gasteiger partial charge is 0.477 e. The second kappa shape index (κ2) is 5.84. The SMILES string of the molecule is C=C(c1ccsc1C(=O)O)C1Cc2ccc(C(C)(C)C)cc2C1(C)C. The maximum Gasteiger partial charge on any atom is 0.346 e. The predicted octanol–water partition coefficient (Wildman–Crippen LogP) is 5.91. The van der Waals surface area contributed by atoms with E-state index in [9.17, 15) is 9.90 Å². The Bertz CT molecular complexity index is 849. The van der Waals surface area contributed by atoms with Crippen LogP contribution >= 0.6 is 11.3 Å². The Morgan fingerprint density at radius 1 is 1.28 bits per heavy atom. The summed E-state index contributed by atoms with van der Waals surface area (Å²) in [5.41, 5.74) is 5.86. The van der Waals surface area contributed by atoms with Crippen molar-refractivity contribution in [1.82, 2.24) is 0 Å². The van der Waals surface area contributed by atoms with Gasteiger partial charge in [-0.25, -0.2) is 4.79 Å². The highest BCUT2D eigenvalue weighted by Gasteiger charge is 2.42. The van der Waals surface area contributed by atoms with Crippen LogP contribution in [0.1, 0.15) is 66.5 Å². The van der Waals surface area contributed by atoms with E-state index in [2.05, 4.69) is 59.4 Å². The third kappa shape index (κ3) is 2.95. The van der Waals surface area contributed by atoms with Gasteiger partial charge in [0, 0.05) is 5.56 Å². The smallest absolute Gasteiger partial charge is 0.346 e. The number of carboxylic acids is 1. The Morgan fingerprint density at radius 3 is 2.56 bits per heavy atom. The zero-order valence-electron chi connectivity index (χ0n) is 15.6. The van der Waals surface area contributed by atoms with Gasteiger partial charge in [-0.3, -0.25) is 0 Å². The molecule has 0 fully saturated rings. The molecule has 3 heteroatoms. The van der Waals surface area contributed by atoms with Gasteiger partial charge in [-0.15, -0.1) is 11.3 Å². The van der Waals surface area contributed by atoms with E-state index in [1.165, 1.54) is 28.0 Å². The van der Waals surface area contributed by atoms with E-state index in [-0.39, 0.29) is 16.7 Å². The second-order valence-electron chi connectivity index (χ2n) is 8.59. The molecule has 1 aromatic carbocycles. The molecule has 1 unspecified atom stereocenters. The normalized spacial score (nSPS) is 18.8. The van der Waals surface area contributed by atoms with Gasteiger partial charge in [-0.05, 0) is 56.9 Å². The number of carbonyl (C=O) groups is 1. The molecule has 1 aromatic heterocycles. The minimum absolute atomic E-state index is 0.0641. The van der Waals surface area contributed by atoms with Crippen molar-refractivity contribution in [2.45, 2.75) is 51.9 Å². The van der Waals surface area contributed by atoms with Crippen LogP contribution in [0.25, 0.3) is 5.57 Å². The number of thiophene rings is 1. The molecule has 3 rings (SSSR count). The molecule has 0 bridgehead atoms. The Hall–Kier alpha value is -1.87. The van der Waals surface area contributed by atoms with Gasteiger partial charge in [-0.1, -0.05) is 59.4 Å². The summed E-state index contributed by atoms with van der Waals surface area (Å²) in [6.45, 7) is 15.5. The number of benzene rings is 1. The van der Waals surface area contributed by atoms with Gasteiger partial charge in [0.2, 0.25) is 0 Å². The van der Waals surface area contributed by atoms with Gasteiger partial charge in [0.15, 0.2) is 0 Å². The van der Waals surface area contributed by atoms with Crippen molar-refractivity contribution in [1.29, 1.82) is 0 Å². The molecule has 25 heavy (non-hydrogen) atoms. The molecule has 0 radical (unpaired) electrons. The quantitative estimate of drug-likeness (QED) is 0.744. The molecular weight excluding hydrogens is 328 g/mol. The molecule has 1 atom stereocenters. The first-order valence-electron chi connectivity index (χ1n) is 8.67. The van der Waals surface area contributed by atoms with E-state index in [0.29, 0.717) is 4.88 Å². The topological polar surface area (TPSA) is 37.3 Å². The van der Waals surface area contributed by atoms with E-state index in [1.807, 2.05) is 11.4 Å². The number of fused-ring (bicyclic) bond motifs is 1. The third-order valence-corrected chi connectivity index (χ3v) is 6.49. The maximum atomic E-state index is 11.5. The summed E-state index contributed by atoms with van der Waals surface area (Å²) in [5, 5.41) is 11.3. The molecule has 0 spiro atoms. The first-order valence-corrected chi connectivity index (χ1v) is 9.55. The van der Waals surface area contributed by atoms with Gasteiger partial charge in [0.1, 0.15) is 4.88 Å². The van der Waals surface area contributed by atoms with Gasteiger partial charge >= 0.3 is 5.97 Å². The molecule has 1 N–H and O–H groups in total. The number of aromatic carboxylic acids is 1. The summed E-state index contributed by atoms with van der Waals surface area (Å²) in [6.07, 6.45) is 0.917. The Kier molecular flexibility index (Phi) is 4.19. The summed E-state index contributed by atoms with van der Waals surface area (Å²) < 4.78 is 0. The van der Waals surface area contributed by atoms with Gasteiger partial charge in [-0.2, -0.15) is 0 Å². The van der Waals surface area contributed by atoms with E-state index in [0.717, 1.165) is 17.6 Å². The number of hydrogen-bond donors (Lipinski definition) is 1. The highest BCUT2D eigenvalue weighted by atomic mass is 32.1.